The largest absolute Gasteiger partial charge is 0.396 e. The fourth-order valence-electron chi connectivity index (χ4n) is 0.990. The summed E-state index contributed by atoms with van der Waals surface area (Å²) in [6.45, 7) is 2.90. The lowest BCUT2D eigenvalue weighted by Gasteiger charge is -2.07. The van der Waals surface area contributed by atoms with Gasteiger partial charge < -0.3 is 14.6 Å². The molecule has 0 aliphatic carbocycles. The van der Waals surface area contributed by atoms with Crippen LogP contribution in [0, 0.1) is 0 Å². The van der Waals surface area contributed by atoms with E-state index in [0.717, 1.165) is 12.8 Å². The van der Waals surface area contributed by atoms with E-state index in [1.54, 1.807) is 0 Å². The Kier molecular flexibility index (Phi) is 3.12. The highest BCUT2D eigenvalue weighted by molar-refractivity contribution is 4.59. The second kappa shape index (κ2) is 3.91. The van der Waals surface area contributed by atoms with E-state index in [0.29, 0.717) is 6.61 Å². The average Bonchev–Trinajstić information content (AvgIpc) is 2.31. The van der Waals surface area contributed by atoms with Gasteiger partial charge in [0.2, 0.25) is 0 Å². The van der Waals surface area contributed by atoms with Crippen LogP contribution in [-0.2, 0) is 9.47 Å². The van der Waals surface area contributed by atoms with Crippen molar-refractivity contribution in [3.8, 4) is 0 Å². The van der Waals surface area contributed by atoms with Crippen LogP contribution in [-0.4, -0.2) is 30.7 Å². The summed E-state index contributed by atoms with van der Waals surface area (Å²) in [5.41, 5.74) is 0. The molecule has 0 aromatic carbocycles. The molecule has 1 rings (SSSR count). The Bertz CT molecular complexity index is 94.9. The Morgan fingerprint density at radius 3 is 2.90 bits per heavy atom. The Morgan fingerprint density at radius 1 is 1.60 bits per heavy atom. The van der Waals surface area contributed by atoms with Gasteiger partial charge in [-0.1, -0.05) is 0 Å². The maximum atomic E-state index is 8.48. The van der Waals surface area contributed by atoms with Crippen LogP contribution in [0.3, 0.4) is 0 Å². The Labute approximate surface area is 60.9 Å². The van der Waals surface area contributed by atoms with Crippen molar-refractivity contribution < 1.29 is 14.6 Å². The van der Waals surface area contributed by atoms with Gasteiger partial charge in [0.05, 0.1) is 12.7 Å². The summed E-state index contributed by atoms with van der Waals surface area (Å²) in [5, 5.41) is 8.48. The highest BCUT2D eigenvalue weighted by atomic mass is 16.7. The van der Waals surface area contributed by atoms with Crippen molar-refractivity contribution in [2.75, 3.05) is 13.2 Å². The van der Waals surface area contributed by atoms with Gasteiger partial charge in [-0.3, -0.25) is 0 Å². The monoisotopic (exact) mass is 146 g/mol. The standard InChI is InChI=1S/C7H14O3/c1-6-5-9-7(10-6)3-2-4-8/h6-8H,2-5H2,1H3. The molecule has 1 fully saturated rings. The second-order valence-electron chi connectivity index (χ2n) is 2.58. The molecule has 3 heteroatoms. The predicted octanol–water partition coefficient (Wildman–Crippen LogP) is 0.520. The topological polar surface area (TPSA) is 38.7 Å². The van der Waals surface area contributed by atoms with Gasteiger partial charge in [-0.15, -0.1) is 0 Å². The number of aliphatic hydroxyl groups excluding tert-OH is 1. The average molecular weight is 146 g/mol. The van der Waals surface area contributed by atoms with Gasteiger partial charge in [-0.25, -0.2) is 0 Å². The molecule has 0 spiro atoms. The molecule has 1 heterocycles. The molecule has 1 saturated heterocycles. The smallest absolute Gasteiger partial charge is 0.158 e. The van der Waals surface area contributed by atoms with Gasteiger partial charge in [0.15, 0.2) is 6.29 Å². The molecule has 1 aliphatic heterocycles. The molecule has 0 radical (unpaired) electrons. The molecule has 2 atom stereocenters. The first-order valence-electron chi connectivity index (χ1n) is 3.71. The van der Waals surface area contributed by atoms with E-state index in [9.17, 15) is 0 Å². The molecule has 2 unspecified atom stereocenters. The SMILES string of the molecule is CC1COC(CCCO)O1. The maximum Gasteiger partial charge on any atom is 0.158 e. The van der Waals surface area contributed by atoms with Crippen LogP contribution in [0.15, 0.2) is 0 Å². The summed E-state index contributed by atoms with van der Waals surface area (Å²) in [6.07, 6.45) is 1.73. The fraction of sp³-hybridized carbons (Fsp3) is 1.00. The molecule has 0 amide bonds. The summed E-state index contributed by atoms with van der Waals surface area (Å²) in [7, 11) is 0. The number of ether oxygens (including phenoxy) is 2. The van der Waals surface area contributed by atoms with Crippen LogP contribution in [0.2, 0.25) is 0 Å². The minimum Gasteiger partial charge on any atom is -0.396 e. The van der Waals surface area contributed by atoms with E-state index in [1.165, 1.54) is 0 Å². The molecule has 0 saturated carbocycles. The van der Waals surface area contributed by atoms with Crippen LogP contribution in [0.25, 0.3) is 0 Å². The van der Waals surface area contributed by atoms with Crippen molar-refractivity contribution in [3.63, 3.8) is 0 Å². The van der Waals surface area contributed by atoms with Gasteiger partial charge >= 0.3 is 0 Å². The summed E-state index contributed by atoms with van der Waals surface area (Å²) in [4.78, 5) is 0. The van der Waals surface area contributed by atoms with E-state index in [-0.39, 0.29) is 19.0 Å². The van der Waals surface area contributed by atoms with Crippen molar-refractivity contribution in [1.29, 1.82) is 0 Å². The van der Waals surface area contributed by atoms with E-state index in [2.05, 4.69) is 0 Å². The highest BCUT2D eigenvalue weighted by Crippen LogP contribution is 2.14. The number of hydrogen-bond acceptors (Lipinski definition) is 3. The zero-order chi connectivity index (χ0) is 7.40. The van der Waals surface area contributed by atoms with Crippen LogP contribution in [0.4, 0.5) is 0 Å². The molecule has 60 valence electrons. The molecule has 0 bridgehead atoms. The third-order valence-electron chi connectivity index (χ3n) is 1.50. The van der Waals surface area contributed by atoms with Gasteiger partial charge in [-0.05, 0) is 13.3 Å². The van der Waals surface area contributed by atoms with Crippen LogP contribution >= 0.6 is 0 Å². The van der Waals surface area contributed by atoms with Crippen molar-refractivity contribution in [2.24, 2.45) is 0 Å². The lowest BCUT2D eigenvalue weighted by molar-refractivity contribution is -0.0619. The number of hydrogen-bond donors (Lipinski definition) is 1. The first-order chi connectivity index (χ1) is 4.83. The predicted molar refractivity (Wildman–Crippen MR) is 36.6 cm³/mol. The van der Waals surface area contributed by atoms with E-state index < -0.39 is 0 Å². The van der Waals surface area contributed by atoms with Crippen LogP contribution in [0.5, 0.6) is 0 Å². The van der Waals surface area contributed by atoms with Crippen molar-refractivity contribution in [2.45, 2.75) is 32.2 Å². The molecule has 10 heavy (non-hydrogen) atoms. The Hall–Kier alpha value is -0.120. The lowest BCUT2D eigenvalue weighted by Crippen LogP contribution is -2.09. The summed E-state index contributed by atoms with van der Waals surface area (Å²) < 4.78 is 10.6. The molecule has 1 N–H and O–H groups in total. The molecular formula is C7H14O3. The van der Waals surface area contributed by atoms with Crippen LogP contribution < -0.4 is 0 Å². The van der Waals surface area contributed by atoms with Gasteiger partial charge in [0, 0.05) is 13.0 Å². The maximum absolute atomic E-state index is 8.48. The number of aliphatic hydroxyl groups is 1. The second-order valence-corrected chi connectivity index (χ2v) is 2.58. The molecule has 1 aliphatic rings. The normalized spacial score (nSPS) is 33.0. The minimum atomic E-state index is -0.0675. The first-order valence-corrected chi connectivity index (χ1v) is 3.71. The Balaban J connectivity index is 2.06. The first kappa shape index (κ1) is 7.98. The molecular weight excluding hydrogens is 132 g/mol. The van der Waals surface area contributed by atoms with Crippen molar-refractivity contribution in [3.05, 3.63) is 0 Å². The molecule has 3 nitrogen and oxygen atoms in total. The lowest BCUT2D eigenvalue weighted by atomic mass is 10.3. The third-order valence-corrected chi connectivity index (χ3v) is 1.50. The quantitative estimate of drug-likeness (QED) is 0.631. The zero-order valence-electron chi connectivity index (χ0n) is 6.25. The van der Waals surface area contributed by atoms with E-state index in [4.69, 9.17) is 14.6 Å². The fourth-order valence-corrected chi connectivity index (χ4v) is 0.990. The summed E-state index contributed by atoms with van der Waals surface area (Å²) in [5.74, 6) is 0. The number of rotatable bonds is 3. The van der Waals surface area contributed by atoms with Crippen molar-refractivity contribution in [1.82, 2.24) is 0 Å². The van der Waals surface area contributed by atoms with Crippen molar-refractivity contribution >= 4 is 0 Å². The highest BCUT2D eigenvalue weighted by Gasteiger charge is 2.21. The Morgan fingerprint density at radius 2 is 2.40 bits per heavy atom. The molecule has 0 aromatic heterocycles. The third kappa shape index (κ3) is 2.25. The minimum absolute atomic E-state index is 0.0675. The van der Waals surface area contributed by atoms with Gasteiger partial charge in [0.25, 0.3) is 0 Å². The molecule has 0 aromatic rings. The van der Waals surface area contributed by atoms with E-state index in [1.807, 2.05) is 6.92 Å². The summed E-state index contributed by atoms with van der Waals surface area (Å²) >= 11 is 0. The van der Waals surface area contributed by atoms with E-state index >= 15 is 0 Å². The zero-order valence-corrected chi connectivity index (χ0v) is 6.25. The summed E-state index contributed by atoms with van der Waals surface area (Å²) in [6, 6.07) is 0. The van der Waals surface area contributed by atoms with Gasteiger partial charge in [0.1, 0.15) is 0 Å². The van der Waals surface area contributed by atoms with Gasteiger partial charge in [-0.2, -0.15) is 0 Å². The van der Waals surface area contributed by atoms with Crippen LogP contribution in [0.1, 0.15) is 19.8 Å².